The molecule has 8 nitrogen and oxygen atoms in total. The van der Waals surface area contributed by atoms with Crippen LogP contribution in [0.2, 0.25) is 0 Å². The third-order valence-corrected chi connectivity index (χ3v) is 13.3. The Kier molecular flexibility index (Phi) is 11.2. The number of benzene rings is 2. The smallest absolute Gasteiger partial charge is 0.251 e. The number of fused-ring (bicyclic) bond motifs is 1. The average molecular weight is 724 g/mol. The molecule has 3 amide bonds. The van der Waals surface area contributed by atoms with Crippen molar-refractivity contribution in [2.24, 2.45) is 11.8 Å². The summed E-state index contributed by atoms with van der Waals surface area (Å²) in [5, 5.41) is 10.4. The summed E-state index contributed by atoms with van der Waals surface area (Å²) in [7, 11) is 0. The number of aliphatic hydroxyl groups excluding tert-OH is 1. The van der Waals surface area contributed by atoms with Crippen LogP contribution in [-0.4, -0.2) is 92.3 Å². The van der Waals surface area contributed by atoms with Gasteiger partial charge in [-0.25, -0.2) is 0 Å². The van der Waals surface area contributed by atoms with Crippen LogP contribution in [0.15, 0.2) is 79.9 Å². The number of rotatable bonds is 15. The van der Waals surface area contributed by atoms with Gasteiger partial charge in [0.2, 0.25) is 11.8 Å². The number of hydrogen-bond donors (Lipinski definition) is 1. The molecule has 47 heavy (non-hydrogen) atoms. The van der Waals surface area contributed by atoms with Crippen molar-refractivity contribution in [1.29, 1.82) is 0 Å². The number of alkyl halides is 1. The predicted octanol–water partition coefficient (Wildman–Crippen LogP) is 5.50. The van der Waals surface area contributed by atoms with Crippen LogP contribution in [0.5, 0.6) is 0 Å². The topological polar surface area (TPSA) is 84.4 Å². The quantitative estimate of drug-likeness (QED) is 0.193. The fraction of sp³-hybridized carbons (Fsp3) is 0.486. The van der Waals surface area contributed by atoms with E-state index in [2.05, 4.69) is 47.8 Å². The number of amides is 3. The summed E-state index contributed by atoms with van der Waals surface area (Å²) in [5.74, 6) is -1.84. The molecule has 1 N–H and O–H groups in total. The third-order valence-electron chi connectivity index (χ3n) is 10.1. The minimum Gasteiger partial charge on any atom is -0.394 e. The van der Waals surface area contributed by atoms with Gasteiger partial charge in [-0.1, -0.05) is 65.3 Å². The molecule has 10 heteroatoms. The van der Waals surface area contributed by atoms with E-state index in [0.29, 0.717) is 25.9 Å². The fourth-order valence-electron chi connectivity index (χ4n) is 7.87. The van der Waals surface area contributed by atoms with E-state index in [9.17, 15) is 14.7 Å². The van der Waals surface area contributed by atoms with E-state index < -0.39 is 28.7 Å². The molecule has 3 saturated heterocycles. The van der Waals surface area contributed by atoms with Crippen molar-refractivity contribution in [2.75, 3.05) is 42.6 Å². The maximum Gasteiger partial charge on any atom is 0.251 e. The van der Waals surface area contributed by atoms with Gasteiger partial charge in [0.05, 0.1) is 29.2 Å². The molecule has 7 atom stereocenters. The molecule has 1 spiro atoms. The monoisotopic (exact) mass is 722 g/mol. The lowest BCUT2D eigenvalue weighted by Gasteiger charge is -2.40. The summed E-state index contributed by atoms with van der Waals surface area (Å²) < 4.78 is -0.830. The van der Waals surface area contributed by atoms with E-state index in [1.165, 1.54) is 0 Å². The van der Waals surface area contributed by atoms with E-state index in [-0.39, 0.29) is 41.0 Å². The molecule has 0 saturated carbocycles. The SMILES string of the molecule is C=CCN(Cc1ccccc1)C(=O)[C@H]1[C@@H]2SC3(CC2Br)C(C(=O)N(CC=C)c2ccc(N(CC)CC)cc2)N([C@@H](CC)CO)C(=O)[C@H]13. The number of nitrogens with zero attached hydrogens (tertiary/aromatic N) is 4. The van der Waals surface area contributed by atoms with Crippen molar-refractivity contribution >= 4 is 56.8 Å². The first-order chi connectivity index (χ1) is 22.7. The Morgan fingerprint density at radius 3 is 2.23 bits per heavy atom. The van der Waals surface area contributed by atoms with E-state index in [0.717, 1.165) is 30.0 Å². The van der Waals surface area contributed by atoms with Crippen molar-refractivity contribution < 1.29 is 19.5 Å². The molecular weight excluding hydrogens is 676 g/mol. The maximum atomic E-state index is 15.0. The molecule has 3 aliphatic heterocycles. The average Bonchev–Trinajstić information content (AvgIpc) is 3.68. The highest BCUT2D eigenvalue weighted by Crippen LogP contribution is 2.68. The lowest BCUT2D eigenvalue weighted by atomic mass is 9.70. The van der Waals surface area contributed by atoms with Gasteiger partial charge in [0.25, 0.3) is 5.91 Å². The minimum atomic E-state index is -0.852. The van der Waals surface area contributed by atoms with Crippen LogP contribution in [0.3, 0.4) is 0 Å². The summed E-state index contributed by atoms with van der Waals surface area (Å²) in [6, 6.07) is 16.3. The number of carbonyl (C=O) groups excluding carboxylic acids is 3. The Morgan fingerprint density at radius 1 is 1.02 bits per heavy atom. The third kappa shape index (κ3) is 6.29. The highest BCUT2D eigenvalue weighted by atomic mass is 79.9. The molecule has 0 aromatic heterocycles. The van der Waals surface area contributed by atoms with Gasteiger partial charge in [0, 0.05) is 54.2 Å². The molecule has 3 heterocycles. The number of hydrogen-bond acceptors (Lipinski definition) is 6. The van der Waals surface area contributed by atoms with Crippen LogP contribution in [0, 0.1) is 11.8 Å². The molecule has 252 valence electrons. The first-order valence-electron chi connectivity index (χ1n) is 16.7. The van der Waals surface area contributed by atoms with E-state index >= 15 is 4.79 Å². The van der Waals surface area contributed by atoms with Crippen molar-refractivity contribution in [3.63, 3.8) is 0 Å². The van der Waals surface area contributed by atoms with Crippen molar-refractivity contribution in [3.8, 4) is 0 Å². The van der Waals surface area contributed by atoms with Gasteiger partial charge >= 0.3 is 0 Å². The Hall–Kier alpha value is -3.08. The fourth-order valence-corrected chi connectivity index (χ4v) is 11.5. The molecule has 5 rings (SSSR count). The molecule has 0 aliphatic carbocycles. The van der Waals surface area contributed by atoms with Gasteiger partial charge in [-0.05, 0) is 56.5 Å². The largest absolute Gasteiger partial charge is 0.394 e. The predicted molar refractivity (Wildman–Crippen MR) is 195 cm³/mol. The van der Waals surface area contributed by atoms with Gasteiger partial charge in [0.15, 0.2) is 0 Å². The molecule has 2 aromatic rings. The van der Waals surface area contributed by atoms with Gasteiger partial charge in [0.1, 0.15) is 6.04 Å². The van der Waals surface area contributed by atoms with Crippen LogP contribution in [0.4, 0.5) is 11.4 Å². The lowest BCUT2D eigenvalue weighted by Crippen LogP contribution is -2.58. The first kappa shape index (κ1) is 35.2. The molecule has 0 radical (unpaired) electrons. The second-order valence-corrected chi connectivity index (χ2v) is 15.3. The Bertz CT molecular complexity index is 1450. The zero-order valence-corrected chi connectivity index (χ0v) is 30.0. The van der Waals surface area contributed by atoms with Crippen LogP contribution in [-0.2, 0) is 20.9 Å². The number of carbonyl (C=O) groups is 3. The highest BCUT2D eigenvalue weighted by molar-refractivity contribution is 9.09. The number of thioether (sulfide) groups is 1. The molecule has 2 aromatic carbocycles. The molecule has 3 unspecified atom stereocenters. The summed E-state index contributed by atoms with van der Waals surface area (Å²) >= 11 is 5.51. The van der Waals surface area contributed by atoms with Gasteiger partial charge in [-0.3, -0.25) is 14.4 Å². The Labute approximate surface area is 292 Å². The lowest BCUT2D eigenvalue weighted by molar-refractivity contribution is -0.145. The van der Waals surface area contributed by atoms with Crippen molar-refractivity contribution in [1.82, 2.24) is 9.80 Å². The Morgan fingerprint density at radius 2 is 1.66 bits per heavy atom. The number of aliphatic hydroxyl groups is 1. The second kappa shape index (κ2) is 15.0. The zero-order chi connectivity index (χ0) is 33.9. The number of halogens is 1. The van der Waals surface area contributed by atoms with Crippen LogP contribution < -0.4 is 9.80 Å². The zero-order valence-electron chi connectivity index (χ0n) is 27.6. The normalized spacial score (nSPS) is 26.5. The first-order valence-corrected chi connectivity index (χ1v) is 18.5. The van der Waals surface area contributed by atoms with Gasteiger partial charge in [-0.15, -0.1) is 24.9 Å². The maximum absolute atomic E-state index is 15.0. The van der Waals surface area contributed by atoms with E-state index in [1.807, 2.05) is 61.5 Å². The summed E-state index contributed by atoms with van der Waals surface area (Å²) in [6.45, 7) is 16.5. The minimum absolute atomic E-state index is 0.0570. The van der Waals surface area contributed by atoms with Crippen LogP contribution in [0.1, 0.15) is 39.2 Å². The van der Waals surface area contributed by atoms with Crippen LogP contribution in [0.25, 0.3) is 0 Å². The molecule has 3 fully saturated rings. The molecule has 2 bridgehead atoms. The second-order valence-electron chi connectivity index (χ2n) is 12.6. The number of anilines is 2. The molecule has 3 aliphatic rings. The van der Waals surface area contributed by atoms with Crippen LogP contribution >= 0.6 is 27.7 Å². The Balaban J connectivity index is 1.56. The van der Waals surface area contributed by atoms with Gasteiger partial charge in [-0.2, -0.15) is 0 Å². The van der Waals surface area contributed by atoms with E-state index in [4.69, 9.17) is 0 Å². The summed E-state index contributed by atoms with van der Waals surface area (Å²) in [6.07, 6.45) is 4.47. The summed E-state index contributed by atoms with van der Waals surface area (Å²) in [4.78, 5) is 51.6. The number of likely N-dealkylation sites (tertiary alicyclic amines) is 1. The molecular formula is C37H47BrN4O4S. The van der Waals surface area contributed by atoms with Crippen molar-refractivity contribution in [3.05, 3.63) is 85.5 Å². The van der Waals surface area contributed by atoms with E-state index in [1.54, 1.807) is 38.6 Å². The van der Waals surface area contributed by atoms with Crippen molar-refractivity contribution in [2.45, 2.75) is 67.1 Å². The van der Waals surface area contributed by atoms with Gasteiger partial charge < -0.3 is 24.7 Å². The standard InChI is InChI=1S/C37H47BrN4O4S/c1-6-20-40(23-25-14-12-11-13-15-25)34(44)30-31-35(45)42(26(8-3)24-43)33(37(31)22-29(38)32(30)47-37)36(46)41(21-7-2)28-18-16-27(17-19-28)39(9-4)10-5/h6-7,11-19,26,29-33,43H,1-2,8-10,20-24H2,3-5H3/t26-,29?,30+,31-,32+,33?,37?/m0/s1. The summed E-state index contributed by atoms with van der Waals surface area (Å²) in [5.41, 5.74) is 2.78. The highest BCUT2D eigenvalue weighted by Gasteiger charge is 2.76.